The Hall–Kier alpha value is -1.80. The lowest BCUT2D eigenvalue weighted by Gasteiger charge is -2.01. The van der Waals surface area contributed by atoms with E-state index >= 15 is 0 Å². The van der Waals surface area contributed by atoms with Crippen LogP contribution in [0.3, 0.4) is 0 Å². The van der Waals surface area contributed by atoms with E-state index in [0.29, 0.717) is 10.6 Å². The standard InChI is InChI=1S/C15H14ClNO/c1-10-3-5-14(7-11(10)2)17-9-12-8-13(16)4-6-15(12)18/h3-9,18H,1-2H3. The van der Waals surface area contributed by atoms with Gasteiger partial charge in [-0.05, 0) is 55.3 Å². The molecule has 0 aliphatic rings. The van der Waals surface area contributed by atoms with Gasteiger partial charge in [0.25, 0.3) is 0 Å². The molecule has 0 radical (unpaired) electrons. The van der Waals surface area contributed by atoms with Gasteiger partial charge in [0.1, 0.15) is 5.75 Å². The minimum atomic E-state index is 0.173. The molecule has 1 N–H and O–H groups in total. The van der Waals surface area contributed by atoms with Crippen LogP contribution in [0.5, 0.6) is 5.75 Å². The monoisotopic (exact) mass is 259 g/mol. The van der Waals surface area contributed by atoms with Gasteiger partial charge in [0.05, 0.1) is 5.69 Å². The van der Waals surface area contributed by atoms with Gasteiger partial charge >= 0.3 is 0 Å². The van der Waals surface area contributed by atoms with Crippen molar-refractivity contribution < 1.29 is 5.11 Å². The first-order chi connectivity index (χ1) is 8.56. The van der Waals surface area contributed by atoms with Gasteiger partial charge in [-0.15, -0.1) is 0 Å². The maximum absolute atomic E-state index is 9.66. The molecule has 18 heavy (non-hydrogen) atoms. The van der Waals surface area contributed by atoms with Crippen LogP contribution in [0.2, 0.25) is 5.02 Å². The highest BCUT2D eigenvalue weighted by atomic mass is 35.5. The first kappa shape index (κ1) is 12.7. The van der Waals surface area contributed by atoms with Crippen LogP contribution < -0.4 is 0 Å². The van der Waals surface area contributed by atoms with Gasteiger partial charge < -0.3 is 5.11 Å². The van der Waals surface area contributed by atoms with Crippen LogP contribution in [0.4, 0.5) is 5.69 Å². The molecule has 3 heteroatoms. The fraction of sp³-hybridized carbons (Fsp3) is 0.133. The Morgan fingerprint density at radius 2 is 1.83 bits per heavy atom. The molecular formula is C15H14ClNO. The van der Waals surface area contributed by atoms with E-state index < -0.39 is 0 Å². The van der Waals surface area contributed by atoms with Gasteiger partial charge in [-0.1, -0.05) is 17.7 Å². The van der Waals surface area contributed by atoms with E-state index in [0.717, 1.165) is 5.69 Å². The van der Waals surface area contributed by atoms with Gasteiger partial charge in [-0.2, -0.15) is 0 Å². The molecule has 0 unspecified atom stereocenters. The lowest BCUT2D eigenvalue weighted by Crippen LogP contribution is -1.83. The molecule has 2 rings (SSSR count). The number of aromatic hydroxyl groups is 1. The van der Waals surface area contributed by atoms with Crippen molar-refractivity contribution in [1.82, 2.24) is 0 Å². The molecule has 0 saturated heterocycles. The first-order valence-corrected chi connectivity index (χ1v) is 6.04. The summed E-state index contributed by atoms with van der Waals surface area (Å²) in [5.41, 5.74) is 3.90. The highest BCUT2D eigenvalue weighted by Crippen LogP contribution is 2.21. The zero-order valence-electron chi connectivity index (χ0n) is 10.3. The summed E-state index contributed by atoms with van der Waals surface area (Å²) in [4.78, 5) is 4.34. The Labute approximate surface area is 112 Å². The van der Waals surface area contributed by atoms with E-state index in [-0.39, 0.29) is 5.75 Å². The van der Waals surface area contributed by atoms with Crippen molar-refractivity contribution in [3.05, 3.63) is 58.1 Å². The molecule has 0 heterocycles. The molecule has 0 saturated carbocycles. The molecule has 2 aromatic carbocycles. The van der Waals surface area contributed by atoms with Crippen LogP contribution in [-0.4, -0.2) is 11.3 Å². The second kappa shape index (κ2) is 5.23. The number of halogens is 1. The molecule has 0 aromatic heterocycles. The average Bonchev–Trinajstić information content (AvgIpc) is 2.34. The van der Waals surface area contributed by atoms with E-state index in [9.17, 15) is 5.11 Å². The summed E-state index contributed by atoms with van der Waals surface area (Å²) in [5, 5.41) is 10.2. The fourth-order valence-electron chi connectivity index (χ4n) is 1.58. The zero-order valence-corrected chi connectivity index (χ0v) is 11.1. The predicted molar refractivity (Wildman–Crippen MR) is 76.3 cm³/mol. The van der Waals surface area contributed by atoms with Crippen LogP contribution in [-0.2, 0) is 0 Å². The Morgan fingerprint density at radius 3 is 2.56 bits per heavy atom. The van der Waals surface area contributed by atoms with E-state index in [1.54, 1.807) is 24.4 Å². The van der Waals surface area contributed by atoms with Crippen molar-refractivity contribution in [3.8, 4) is 5.75 Å². The minimum absolute atomic E-state index is 0.173. The second-order valence-electron chi connectivity index (χ2n) is 4.23. The summed E-state index contributed by atoms with van der Waals surface area (Å²) in [6, 6.07) is 10.9. The van der Waals surface area contributed by atoms with Gasteiger partial charge in [-0.25, -0.2) is 0 Å². The van der Waals surface area contributed by atoms with Crippen LogP contribution in [0.15, 0.2) is 41.4 Å². The lowest BCUT2D eigenvalue weighted by atomic mass is 10.1. The maximum Gasteiger partial charge on any atom is 0.124 e. The SMILES string of the molecule is Cc1ccc(N=Cc2cc(Cl)ccc2O)cc1C. The summed E-state index contributed by atoms with van der Waals surface area (Å²) >= 11 is 5.87. The predicted octanol–water partition coefficient (Wildman–Crippen LogP) is 4.41. The molecule has 92 valence electrons. The topological polar surface area (TPSA) is 32.6 Å². The second-order valence-corrected chi connectivity index (χ2v) is 4.67. The molecule has 0 atom stereocenters. The molecule has 0 fully saturated rings. The van der Waals surface area contributed by atoms with Crippen molar-refractivity contribution in [2.24, 2.45) is 4.99 Å². The van der Waals surface area contributed by atoms with Crippen LogP contribution in [0, 0.1) is 13.8 Å². The third-order valence-corrected chi connectivity index (χ3v) is 3.07. The van der Waals surface area contributed by atoms with E-state index in [4.69, 9.17) is 11.6 Å². The number of hydrogen-bond acceptors (Lipinski definition) is 2. The Kier molecular flexibility index (Phi) is 3.68. The largest absolute Gasteiger partial charge is 0.507 e. The summed E-state index contributed by atoms with van der Waals surface area (Å²) in [5.74, 6) is 0.173. The lowest BCUT2D eigenvalue weighted by molar-refractivity contribution is 0.474. The minimum Gasteiger partial charge on any atom is -0.507 e. The van der Waals surface area contributed by atoms with Gasteiger partial charge in [0, 0.05) is 16.8 Å². The maximum atomic E-state index is 9.66. The summed E-state index contributed by atoms with van der Waals surface area (Å²) in [6.45, 7) is 4.11. The highest BCUT2D eigenvalue weighted by molar-refractivity contribution is 6.30. The molecular weight excluding hydrogens is 246 g/mol. The summed E-state index contributed by atoms with van der Waals surface area (Å²) in [6.07, 6.45) is 1.62. The average molecular weight is 260 g/mol. The highest BCUT2D eigenvalue weighted by Gasteiger charge is 1.99. The van der Waals surface area contributed by atoms with Crippen molar-refractivity contribution in [3.63, 3.8) is 0 Å². The first-order valence-electron chi connectivity index (χ1n) is 5.66. The van der Waals surface area contributed by atoms with Crippen molar-refractivity contribution >= 4 is 23.5 Å². The number of benzene rings is 2. The van der Waals surface area contributed by atoms with Crippen molar-refractivity contribution in [1.29, 1.82) is 0 Å². The Balaban J connectivity index is 2.29. The normalized spacial score (nSPS) is 11.1. The van der Waals surface area contributed by atoms with Crippen LogP contribution >= 0.6 is 11.6 Å². The number of phenols is 1. The Bertz CT molecular complexity index is 605. The number of rotatable bonds is 2. The van der Waals surface area contributed by atoms with Crippen LogP contribution in [0.1, 0.15) is 16.7 Å². The third kappa shape index (κ3) is 2.90. The third-order valence-electron chi connectivity index (χ3n) is 2.83. The molecule has 0 amide bonds. The number of aliphatic imine (C=N–C) groups is 1. The molecule has 0 aliphatic heterocycles. The quantitative estimate of drug-likeness (QED) is 0.796. The molecule has 2 nitrogen and oxygen atoms in total. The number of hydrogen-bond donors (Lipinski definition) is 1. The summed E-state index contributed by atoms with van der Waals surface area (Å²) < 4.78 is 0. The van der Waals surface area contributed by atoms with E-state index in [2.05, 4.69) is 11.9 Å². The number of nitrogens with zero attached hydrogens (tertiary/aromatic N) is 1. The summed E-state index contributed by atoms with van der Waals surface area (Å²) in [7, 11) is 0. The van der Waals surface area contributed by atoms with Crippen LogP contribution in [0.25, 0.3) is 0 Å². The van der Waals surface area contributed by atoms with Gasteiger partial charge in [-0.3, -0.25) is 4.99 Å². The number of phenolic OH excluding ortho intramolecular Hbond substituents is 1. The van der Waals surface area contributed by atoms with Crippen molar-refractivity contribution in [2.45, 2.75) is 13.8 Å². The van der Waals surface area contributed by atoms with Crippen molar-refractivity contribution in [2.75, 3.05) is 0 Å². The van der Waals surface area contributed by atoms with E-state index in [1.807, 2.05) is 25.1 Å². The zero-order chi connectivity index (χ0) is 13.1. The molecule has 0 spiro atoms. The molecule has 0 aliphatic carbocycles. The van der Waals surface area contributed by atoms with Gasteiger partial charge in [0.15, 0.2) is 0 Å². The smallest absolute Gasteiger partial charge is 0.124 e. The van der Waals surface area contributed by atoms with Gasteiger partial charge in [0.2, 0.25) is 0 Å². The molecule has 0 bridgehead atoms. The molecule has 2 aromatic rings. The number of aryl methyl sites for hydroxylation is 2. The van der Waals surface area contributed by atoms with E-state index in [1.165, 1.54) is 11.1 Å². The fourth-order valence-corrected chi connectivity index (χ4v) is 1.76. The Morgan fingerprint density at radius 1 is 1.06 bits per heavy atom.